The highest BCUT2D eigenvalue weighted by Gasteiger charge is 2.31. The van der Waals surface area contributed by atoms with Crippen LogP contribution in [0.25, 0.3) is 10.2 Å². The summed E-state index contributed by atoms with van der Waals surface area (Å²) in [5.74, 6) is 1.90. The molecule has 34 heavy (non-hydrogen) atoms. The number of thiazole rings is 1. The normalized spacial score (nSPS) is 16.6. The average molecular weight is 520 g/mol. The Bertz CT molecular complexity index is 1250. The molecule has 8 nitrogen and oxygen atoms in total. The summed E-state index contributed by atoms with van der Waals surface area (Å²) in [4.78, 5) is 19.2. The van der Waals surface area contributed by atoms with E-state index in [9.17, 15) is 13.2 Å². The van der Waals surface area contributed by atoms with E-state index in [1.807, 2.05) is 18.2 Å². The first kappa shape index (κ1) is 23.4. The van der Waals surface area contributed by atoms with Crippen molar-refractivity contribution in [2.24, 2.45) is 0 Å². The van der Waals surface area contributed by atoms with Crippen molar-refractivity contribution < 1.29 is 22.7 Å². The summed E-state index contributed by atoms with van der Waals surface area (Å²) in [6.07, 6.45) is 1.21. The van der Waals surface area contributed by atoms with Crippen LogP contribution in [0.3, 0.4) is 0 Å². The minimum atomic E-state index is -3.66. The third-order valence-electron chi connectivity index (χ3n) is 5.78. The molecule has 0 aliphatic carbocycles. The molecule has 180 valence electrons. The van der Waals surface area contributed by atoms with E-state index >= 15 is 0 Å². The molecule has 0 saturated carbocycles. The molecule has 0 atom stereocenters. The number of fused-ring (bicyclic) bond motifs is 2. The number of ether oxygens (including phenoxy) is 2. The second-order valence-corrected chi connectivity index (χ2v) is 12.3. The summed E-state index contributed by atoms with van der Waals surface area (Å²) < 4.78 is 40.8. The van der Waals surface area contributed by atoms with Crippen LogP contribution in [0.2, 0.25) is 0 Å². The molecule has 1 saturated heterocycles. The highest BCUT2D eigenvalue weighted by molar-refractivity contribution is 8.01. The van der Waals surface area contributed by atoms with Gasteiger partial charge in [-0.2, -0.15) is 4.31 Å². The van der Waals surface area contributed by atoms with Gasteiger partial charge >= 0.3 is 0 Å². The Morgan fingerprint density at radius 3 is 2.59 bits per heavy atom. The molecule has 0 radical (unpaired) electrons. The maximum atomic E-state index is 13.1. The van der Waals surface area contributed by atoms with Crippen molar-refractivity contribution in [1.29, 1.82) is 0 Å². The van der Waals surface area contributed by atoms with Gasteiger partial charge in [-0.25, -0.2) is 13.4 Å². The first-order chi connectivity index (χ1) is 16.5. The Labute approximate surface area is 206 Å². The first-order valence-electron chi connectivity index (χ1n) is 11.2. The van der Waals surface area contributed by atoms with Crippen LogP contribution in [0.15, 0.2) is 51.7 Å². The smallest absolute Gasteiger partial charge is 0.243 e. The van der Waals surface area contributed by atoms with Crippen molar-refractivity contribution >= 4 is 49.2 Å². The Hall–Kier alpha value is -2.34. The zero-order valence-electron chi connectivity index (χ0n) is 18.5. The van der Waals surface area contributed by atoms with Crippen LogP contribution >= 0.6 is 23.1 Å². The van der Waals surface area contributed by atoms with E-state index in [-0.39, 0.29) is 23.9 Å². The van der Waals surface area contributed by atoms with E-state index in [2.05, 4.69) is 11.1 Å². The van der Waals surface area contributed by atoms with Gasteiger partial charge in [-0.3, -0.25) is 4.79 Å². The minimum absolute atomic E-state index is 0.0706. The second kappa shape index (κ2) is 10.1. The van der Waals surface area contributed by atoms with Crippen LogP contribution in [0.5, 0.6) is 11.5 Å². The van der Waals surface area contributed by atoms with E-state index in [4.69, 9.17) is 9.47 Å². The third kappa shape index (κ3) is 5.02. The number of para-hydroxylation sites is 1. The number of thioether (sulfide) groups is 1. The molecule has 3 heterocycles. The quantitative estimate of drug-likeness (QED) is 0.349. The zero-order chi connectivity index (χ0) is 23.5. The van der Waals surface area contributed by atoms with E-state index in [1.54, 1.807) is 40.1 Å². The number of carbonyl (C=O) groups is 1. The van der Waals surface area contributed by atoms with Crippen molar-refractivity contribution in [1.82, 2.24) is 14.2 Å². The van der Waals surface area contributed by atoms with Gasteiger partial charge in [0.2, 0.25) is 15.9 Å². The largest absolute Gasteiger partial charge is 0.486 e. The molecule has 0 N–H and O–H groups in total. The van der Waals surface area contributed by atoms with Crippen molar-refractivity contribution in [2.75, 3.05) is 45.1 Å². The van der Waals surface area contributed by atoms with Gasteiger partial charge in [0, 0.05) is 44.4 Å². The molecular weight excluding hydrogens is 494 g/mol. The van der Waals surface area contributed by atoms with Crippen LogP contribution in [0.1, 0.15) is 12.8 Å². The van der Waals surface area contributed by atoms with E-state index in [1.165, 1.54) is 15.1 Å². The summed E-state index contributed by atoms with van der Waals surface area (Å²) in [7, 11) is -3.66. The number of rotatable bonds is 7. The van der Waals surface area contributed by atoms with Crippen molar-refractivity contribution in [3.63, 3.8) is 0 Å². The van der Waals surface area contributed by atoms with Crippen LogP contribution in [0.4, 0.5) is 0 Å². The predicted molar refractivity (Wildman–Crippen MR) is 132 cm³/mol. The molecule has 0 unspecified atom stereocenters. The standard InChI is InChI=1S/C23H25N3O5S3/c27-22(6-3-15-32-23-24-18-4-1-2-5-21(18)33-23)25-9-11-26(12-10-25)34(28,29)17-7-8-19-20(16-17)31-14-13-30-19/h1-2,4-5,7-8,16H,3,6,9-15H2. The fourth-order valence-corrected chi connectivity index (χ4v) is 7.48. The van der Waals surface area contributed by atoms with Crippen molar-refractivity contribution in [3.05, 3.63) is 42.5 Å². The molecule has 1 aromatic heterocycles. The summed E-state index contributed by atoms with van der Waals surface area (Å²) in [6, 6.07) is 12.8. The van der Waals surface area contributed by atoms with Crippen LogP contribution in [-0.4, -0.2) is 73.7 Å². The number of hydrogen-bond donors (Lipinski definition) is 0. The van der Waals surface area contributed by atoms with Gasteiger partial charge in [0.05, 0.1) is 15.1 Å². The minimum Gasteiger partial charge on any atom is -0.486 e. The number of aromatic nitrogens is 1. The topological polar surface area (TPSA) is 89.0 Å². The van der Waals surface area contributed by atoms with E-state index < -0.39 is 10.0 Å². The molecule has 2 aliphatic heterocycles. The van der Waals surface area contributed by atoms with Crippen molar-refractivity contribution in [2.45, 2.75) is 22.1 Å². The van der Waals surface area contributed by atoms with Crippen LogP contribution in [-0.2, 0) is 14.8 Å². The number of piperazine rings is 1. The number of nitrogens with zero attached hydrogens (tertiary/aromatic N) is 3. The summed E-state index contributed by atoms with van der Waals surface area (Å²) in [5, 5.41) is 0. The molecule has 11 heteroatoms. The lowest BCUT2D eigenvalue weighted by Gasteiger charge is -2.34. The van der Waals surface area contributed by atoms with Gasteiger partial charge in [0.25, 0.3) is 0 Å². The Morgan fingerprint density at radius 2 is 1.79 bits per heavy atom. The zero-order valence-corrected chi connectivity index (χ0v) is 21.0. The average Bonchev–Trinajstić information content (AvgIpc) is 3.29. The molecule has 5 rings (SSSR count). The predicted octanol–water partition coefficient (Wildman–Crippen LogP) is 3.47. The van der Waals surface area contributed by atoms with Gasteiger partial charge in [0.15, 0.2) is 15.8 Å². The molecule has 0 spiro atoms. The summed E-state index contributed by atoms with van der Waals surface area (Å²) >= 11 is 3.35. The fraction of sp³-hybridized carbons (Fsp3) is 0.391. The van der Waals surface area contributed by atoms with E-state index in [0.717, 1.165) is 22.0 Å². The second-order valence-electron chi connectivity index (χ2n) is 7.99. The lowest BCUT2D eigenvalue weighted by molar-refractivity contribution is -0.132. The summed E-state index contributed by atoms with van der Waals surface area (Å²) in [6.45, 7) is 2.21. The number of sulfonamides is 1. The maximum Gasteiger partial charge on any atom is 0.243 e. The molecule has 0 bridgehead atoms. The van der Waals surface area contributed by atoms with Gasteiger partial charge in [-0.1, -0.05) is 23.9 Å². The highest BCUT2D eigenvalue weighted by Crippen LogP contribution is 2.33. The van der Waals surface area contributed by atoms with Gasteiger partial charge < -0.3 is 14.4 Å². The Morgan fingerprint density at radius 1 is 1.03 bits per heavy atom. The molecular formula is C23H25N3O5S3. The van der Waals surface area contributed by atoms with E-state index in [0.29, 0.717) is 44.2 Å². The van der Waals surface area contributed by atoms with Gasteiger partial charge in [-0.05, 0) is 30.7 Å². The summed E-state index contributed by atoms with van der Waals surface area (Å²) in [5.41, 5.74) is 1.01. The monoisotopic (exact) mass is 519 g/mol. The SMILES string of the molecule is O=C(CCCSc1nc2ccccc2s1)N1CCN(S(=O)(=O)c2ccc3c(c2)OCCO3)CC1. The first-order valence-corrected chi connectivity index (χ1v) is 14.4. The highest BCUT2D eigenvalue weighted by atomic mass is 32.2. The fourth-order valence-electron chi connectivity index (χ4n) is 3.96. The van der Waals surface area contributed by atoms with Crippen LogP contribution in [0, 0.1) is 0 Å². The lowest BCUT2D eigenvalue weighted by atomic mass is 10.2. The molecule has 2 aliphatic rings. The Kier molecular flexibility index (Phi) is 6.96. The molecule has 2 aromatic carbocycles. The number of amides is 1. The number of hydrogen-bond acceptors (Lipinski definition) is 8. The van der Waals surface area contributed by atoms with Gasteiger partial charge in [0.1, 0.15) is 13.2 Å². The lowest BCUT2D eigenvalue weighted by Crippen LogP contribution is -2.50. The van der Waals surface area contributed by atoms with Crippen LogP contribution < -0.4 is 9.47 Å². The van der Waals surface area contributed by atoms with Gasteiger partial charge in [-0.15, -0.1) is 11.3 Å². The van der Waals surface area contributed by atoms with Crippen molar-refractivity contribution in [3.8, 4) is 11.5 Å². The molecule has 3 aromatic rings. The number of benzene rings is 2. The molecule has 1 amide bonds. The molecule has 1 fully saturated rings. The number of carbonyl (C=O) groups excluding carboxylic acids is 1. The Balaban J connectivity index is 1.09. The maximum absolute atomic E-state index is 13.1. The third-order valence-corrected chi connectivity index (χ3v) is 9.94.